The van der Waals surface area contributed by atoms with Gasteiger partial charge in [0.2, 0.25) is 0 Å². The number of fused-ring (bicyclic) bond motifs is 1. The molecule has 0 atom stereocenters. The van der Waals surface area contributed by atoms with Gasteiger partial charge in [-0.2, -0.15) is 0 Å². The predicted octanol–water partition coefficient (Wildman–Crippen LogP) is 2.06. The Bertz CT molecular complexity index is 646. The molecule has 1 aliphatic heterocycles. The van der Waals surface area contributed by atoms with E-state index in [4.69, 9.17) is 0 Å². The van der Waals surface area contributed by atoms with Crippen LogP contribution in [0.2, 0.25) is 0 Å². The Morgan fingerprint density at radius 1 is 1.30 bits per heavy atom. The summed E-state index contributed by atoms with van der Waals surface area (Å²) in [5.41, 5.74) is 1.30. The number of pyridine rings is 1. The van der Waals surface area contributed by atoms with Crippen LogP contribution in [0.5, 0.6) is 0 Å². The minimum atomic E-state index is -0.174. The van der Waals surface area contributed by atoms with E-state index in [2.05, 4.69) is 24.1 Å². The van der Waals surface area contributed by atoms with Crippen LogP contribution in [-0.2, 0) is 0 Å². The summed E-state index contributed by atoms with van der Waals surface area (Å²) in [6, 6.07) is 9.66. The second-order valence-electron chi connectivity index (χ2n) is 5.83. The Labute approximate surface area is 118 Å². The normalized spacial score (nSPS) is 18.2. The van der Waals surface area contributed by atoms with E-state index in [1.54, 1.807) is 6.20 Å². The largest absolute Gasteiger partial charge is 0.331 e. The van der Waals surface area contributed by atoms with Gasteiger partial charge in [-0.25, -0.2) is 0 Å². The van der Waals surface area contributed by atoms with Crippen molar-refractivity contribution in [2.24, 2.45) is 0 Å². The van der Waals surface area contributed by atoms with Gasteiger partial charge in [-0.3, -0.25) is 9.78 Å². The van der Waals surface area contributed by atoms with Crippen molar-refractivity contribution in [3.05, 3.63) is 42.1 Å². The lowest BCUT2D eigenvalue weighted by Gasteiger charge is -2.42. The summed E-state index contributed by atoms with van der Waals surface area (Å²) in [6.45, 7) is 6.57. The van der Waals surface area contributed by atoms with Crippen molar-refractivity contribution in [3.63, 3.8) is 0 Å². The van der Waals surface area contributed by atoms with Gasteiger partial charge in [0.25, 0.3) is 5.91 Å². The molecule has 1 aliphatic rings. The number of piperazine rings is 1. The fraction of sp³-hybridized carbons (Fsp3) is 0.375. The van der Waals surface area contributed by atoms with Gasteiger partial charge < -0.3 is 10.2 Å². The van der Waals surface area contributed by atoms with Crippen molar-refractivity contribution in [1.82, 2.24) is 15.2 Å². The molecule has 1 aromatic carbocycles. The number of nitrogens with zero attached hydrogens (tertiary/aromatic N) is 2. The summed E-state index contributed by atoms with van der Waals surface area (Å²) < 4.78 is 0. The van der Waals surface area contributed by atoms with Crippen molar-refractivity contribution in [1.29, 1.82) is 0 Å². The fourth-order valence-electron chi connectivity index (χ4n) is 2.78. The average molecular weight is 269 g/mol. The Balaban J connectivity index is 2.04. The van der Waals surface area contributed by atoms with Crippen molar-refractivity contribution in [3.8, 4) is 0 Å². The van der Waals surface area contributed by atoms with E-state index in [0.717, 1.165) is 30.5 Å². The third-order valence-electron chi connectivity index (χ3n) is 3.91. The molecule has 4 nitrogen and oxygen atoms in total. The number of aromatic nitrogens is 1. The smallest absolute Gasteiger partial charge is 0.256 e. The molecule has 0 aliphatic carbocycles. The number of carbonyl (C=O) groups is 1. The van der Waals surface area contributed by atoms with Crippen LogP contribution in [-0.4, -0.2) is 41.0 Å². The number of hydrogen-bond donors (Lipinski definition) is 1. The van der Waals surface area contributed by atoms with E-state index in [9.17, 15) is 4.79 Å². The quantitative estimate of drug-likeness (QED) is 0.862. The zero-order valence-corrected chi connectivity index (χ0v) is 11.9. The Morgan fingerprint density at radius 3 is 2.90 bits per heavy atom. The van der Waals surface area contributed by atoms with Gasteiger partial charge in [-0.1, -0.05) is 18.2 Å². The lowest BCUT2D eigenvalue weighted by atomic mass is 9.98. The van der Waals surface area contributed by atoms with Crippen molar-refractivity contribution >= 4 is 16.8 Å². The number of benzene rings is 1. The second-order valence-corrected chi connectivity index (χ2v) is 5.83. The van der Waals surface area contributed by atoms with Crippen LogP contribution in [0.4, 0.5) is 0 Å². The molecule has 2 heterocycles. The van der Waals surface area contributed by atoms with E-state index in [-0.39, 0.29) is 11.4 Å². The molecule has 20 heavy (non-hydrogen) atoms. The summed E-state index contributed by atoms with van der Waals surface area (Å²) >= 11 is 0. The molecule has 1 N–H and O–H groups in total. The highest BCUT2D eigenvalue weighted by atomic mass is 16.2. The average Bonchev–Trinajstić information content (AvgIpc) is 2.45. The Kier molecular flexibility index (Phi) is 3.18. The summed E-state index contributed by atoms with van der Waals surface area (Å²) in [7, 11) is 0. The Morgan fingerprint density at radius 2 is 2.10 bits per heavy atom. The maximum atomic E-state index is 12.9. The molecule has 1 aromatic heterocycles. The van der Waals surface area contributed by atoms with E-state index < -0.39 is 0 Å². The molecule has 104 valence electrons. The van der Waals surface area contributed by atoms with Gasteiger partial charge in [0.15, 0.2) is 0 Å². The summed E-state index contributed by atoms with van der Waals surface area (Å²) in [5.74, 6) is 0.0702. The van der Waals surface area contributed by atoms with Gasteiger partial charge in [-0.15, -0.1) is 0 Å². The van der Waals surface area contributed by atoms with Crippen molar-refractivity contribution in [2.75, 3.05) is 19.6 Å². The van der Waals surface area contributed by atoms with Crippen LogP contribution in [0.3, 0.4) is 0 Å². The number of hydrogen-bond acceptors (Lipinski definition) is 3. The number of carbonyl (C=O) groups excluding carboxylic acids is 1. The van der Waals surface area contributed by atoms with Crippen molar-refractivity contribution < 1.29 is 4.79 Å². The van der Waals surface area contributed by atoms with Crippen LogP contribution < -0.4 is 5.32 Å². The predicted molar refractivity (Wildman–Crippen MR) is 79.7 cm³/mol. The number of rotatable bonds is 1. The second kappa shape index (κ2) is 4.87. The van der Waals surface area contributed by atoms with Gasteiger partial charge in [-0.05, 0) is 26.0 Å². The number of amides is 1. The fourth-order valence-corrected chi connectivity index (χ4v) is 2.78. The molecular formula is C16H19N3O. The molecular weight excluding hydrogens is 250 g/mol. The zero-order valence-electron chi connectivity index (χ0n) is 11.9. The molecule has 2 aromatic rings. The van der Waals surface area contributed by atoms with Gasteiger partial charge in [0.1, 0.15) is 0 Å². The molecule has 0 unspecified atom stereocenters. The molecule has 3 rings (SSSR count). The van der Waals surface area contributed by atoms with Crippen LogP contribution >= 0.6 is 0 Å². The van der Waals surface area contributed by atoms with Crippen LogP contribution in [0, 0.1) is 0 Å². The van der Waals surface area contributed by atoms with E-state index in [1.165, 1.54) is 0 Å². The van der Waals surface area contributed by atoms with Crippen LogP contribution in [0.25, 0.3) is 10.9 Å². The maximum absolute atomic E-state index is 12.9. The molecule has 4 heteroatoms. The summed E-state index contributed by atoms with van der Waals surface area (Å²) in [6.07, 6.45) is 1.74. The first-order valence-electron chi connectivity index (χ1n) is 6.96. The molecule has 1 fully saturated rings. The molecule has 0 bridgehead atoms. The van der Waals surface area contributed by atoms with Crippen LogP contribution in [0.15, 0.2) is 36.5 Å². The minimum absolute atomic E-state index is 0.0702. The summed E-state index contributed by atoms with van der Waals surface area (Å²) in [5, 5.41) is 4.34. The highest BCUT2D eigenvalue weighted by Crippen LogP contribution is 2.23. The number of para-hydroxylation sites is 1. The van der Waals surface area contributed by atoms with Crippen LogP contribution in [0.1, 0.15) is 24.2 Å². The Hall–Kier alpha value is -1.94. The van der Waals surface area contributed by atoms with Gasteiger partial charge >= 0.3 is 0 Å². The summed E-state index contributed by atoms with van der Waals surface area (Å²) in [4.78, 5) is 19.2. The monoisotopic (exact) mass is 269 g/mol. The first-order chi connectivity index (χ1) is 9.59. The standard InChI is InChI=1S/C16H19N3O/c1-16(2)11-17-9-10-19(16)15(20)13-7-3-5-12-6-4-8-18-14(12)13/h3-8,17H,9-11H2,1-2H3. The maximum Gasteiger partial charge on any atom is 0.256 e. The molecule has 0 radical (unpaired) electrons. The topological polar surface area (TPSA) is 45.2 Å². The first kappa shape index (κ1) is 13.1. The first-order valence-corrected chi connectivity index (χ1v) is 6.96. The third-order valence-corrected chi connectivity index (χ3v) is 3.91. The molecule has 1 saturated heterocycles. The third kappa shape index (κ3) is 2.16. The van der Waals surface area contributed by atoms with Gasteiger partial charge in [0.05, 0.1) is 16.6 Å². The highest BCUT2D eigenvalue weighted by Gasteiger charge is 2.34. The van der Waals surface area contributed by atoms with Gasteiger partial charge in [0, 0.05) is 31.2 Å². The highest BCUT2D eigenvalue weighted by molar-refractivity contribution is 6.05. The number of nitrogens with one attached hydrogen (secondary N) is 1. The van der Waals surface area contributed by atoms with Crippen molar-refractivity contribution in [2.45, 2.75) is 19.4 Å². The van der Waals surface area contributed by atoms with E-state index >= 15 is 0 Å². The molecule has 1 amide bonds. The lowest BCUT2D eigenvalue weighted by molar-refractivity contribution is 0.0479. The molecule has 0 spiro atoms. The minimum Gasteiger partial charge on any atom is -0.331 e. The molecule has 0 saturated carbocycles. The van der Waals surface area contributed by atoms with E-state index in [1.807, 2.05) is 35.2 Å². The zero-order chi connectivity index (χ0) is 14.2. The SMILES string of the molecule is CC1(C)CNCCN1C(=O)c1cccc2cccnc12. The van der Waals surface area contributed by atoms with E-state index in [0.29, 0.717) is 5.56 Å². The lowest BCUT2D eigenvalue weighted by Crippen LogP contribution is -2.59.